The maximum absolute atomic E-state index is 13.5. The highest BCUT2D eigenvalue weighted by Crippen LogP contribution is 2.20. The number of halogens is 1. The van der Waals surface area contributed by atoms with Crippen LogP contribution in [0, 0.1) is 5.82 Å². The molecule has 0 spiro atoms. The summed E-state index contributed by atoms with van der Waals surface area (Å²) in [6.07, 6.45) is 2.03. The topological polar surface area (TPSA) is 60.0 Å². The van der Waals surface area contributed by atoms with Crippen LogP contribution in [0.2, 0.25) is 0 Å². The molecule has 1 aliphatic rings. The number of nitrogens with one attached hydrogen (secondary N) is 2. The molecule has 1 aliphatic heterocycles. The van der Waals surface area contributed by atoms with Gasteiger partial charge in [0.1, 0.15) is 12.4 Å². The number of aliphatic imine (C=N–C) groups is 1. The van der Waals surface area contributed by atoms with Crippen molar-refractivity contribution < 1.29 is 9.18 Å². The second kappa shape index (κ2) is 9.25. The summed E-state index contributed by atoms with van der Waals surface area (Å²) < 4.78 is 13.5. The SMILES string of the molecule is CCNC(=NCC(=O)N(C)C)NC1CCCN(c2cccc(F)c2)C1. The number of hydrogen-bond acceptors (Lipinski definition) is 3. The van der Waals surface area contributed by atoms with E-state index in [1.165, 1.54) is 11.0 Å². The molecule has 0 aromatic heterocycles. The lowest BCUT2D eigenvalue weighted by Gasteiger charge is -2.35. The molecular weight excluding hydrogens is 321 g/mol. The van der Waals surface area contributed by atoms with E-state index in [4.69, 9.17) is 0 Å². The predicted molar refractivity (Wildman–Crippen MR) is 99.4 cm³/mol. The van der Waals surface area contributed by atoms with Crippen molar-refractivity contribution in [3.05, 3.63) is 30.1 Å². The molecule has 1 atom stereocenters. The lowest BCUT2D eigenvalue weighted by molar-refractivity contribution is -0.127. The highest BCUT2D eigenvalue weighted by Gasteiger charge is 2.21. The largest absolute Gasteiger partial charge is 0.369 e. The van der Waals surface area contributed by atoms with E-state index in [1.54, 1.807) is 26.2 Å². The van der Waals surface area contributed by atoms with Gasteiger partial charge in [0.2, 0.25) is 5.91 Å². The van der Waals surface area contributed by atoms with Crippen molar-refractivity contribution in [2.24, 2.45) is 4.99 Å². The van der Waals surface area contributed by atoms with Crippen LogP contribution in [0.3, 0.4) is 0 Å². The average molecular weight is 349 g/mol. The minimum absolute atomic E-state index is 0.0396. The third kappa shape index (κ3) is 5.92. The van der Waals surface area contributed by atoms with Crippen LogP contribution in [0.4, 0.5) is 10.1 Å². The fourth-order valence-electron chi connectivity index (χ4n) is 2.80. The van der Waals surface area contributed by atoms with Crippen LogP contribution in [-0.2, 0) is 4.79 Å². The zero-order valence-electron chi connectivity index (χ0n) is 15.3. The number of likely N-dealkylation sites (N-methyl/N-ethyl adjacent to an activating group) is 1. The normalized spacial score (nSPS) is 18.0. The molecule has 1 aromatic carbocycles. The molecule has 6 nitrogen and oxygen atoms in total. The predicted octanol–water partition coefficient (Wildman–Crippen LogP) is 1.44. The van der Waals surface area contributed by atoms with E-state index in [0.29, 0.717) is 5.96 Å². The number of guanidine groups is 1. The first-order valence-electron chi connectivity index (χ1n) is 8.75. The van der Waals surface area contributed by atoms with Gasteiger partial charge in [-0.15, -0.1) is 0 Å². The Kier molecular flexibility index (Phi) is 7.03. The Morgan fingerprint density at radius 3 is 2.92 bits per heavy atom. The van der Waals surface area contributed by atoms with E-state index < -0.39 is 0 Å². The van der Waals surface area contributed by atoms with E-state index in [9.17, 15) is 9.18 Å². The molecule has 138 valence electrons. The van der Waals surface area contributed by atoms with E-state index >= 15 is 0 Å². The van der Waals surface area contributed by atoms with Crippen molar-refractivity contribution in [1.29, 1.82) is 0 Å². The first-order valence-corrected chi connectivity index (χ1v) is 8.75. The van der Waals surface area contributed by atoms with Crippen molar-refractivity contribution in [1.82, 2.24) is 15.5 Å². The van der Waals surface area contributed by atoms with Gasteiger partial charge >= 0.3 is 0 Å². The summed E-state index contributed by atoms with van der Waals surface area (Å²) in [7, 11) is 3.44. The standard InChI is InChI=1S/C18H28FN5O/c1-4-20-18(21-12-17(25)23(2)3)22-15-8-6-10-24(13-15)16-9-5-7-14(19)11-16/h5,7,9,11,15H,4,6,8,10,12-13H2,1-3H3,(H2,20,21,22). The molecule has 2 rings (SSSR count). The zero-order valence-corrected chi connectivity index (χ0v) is 15.3. The molecule has 7 heteroatoms. The summed E-state index contributed by atoms with van der Waals surface area (Å²) in [5.41, 5.74) is 0.899. The van der Waals surface area contributed by atoms with Gasteiger partial charge in [-0.1, -0.05) is 6.07 Å². The minimum Gasteiger partial charge on any atom is -0.369 e. The second-order valence-electron chi connectivity index (χ2n) is 6.39. The Bertz CT molecular complexity index is 605. The van der Waals surface area contributed by atoms with Gasteiger partial charge in [-0.25, -0.2) is 9.38 Å². The molecule has 0 aliphatic carbocycles. The molecule has 0 bridgehead atoms. The second-order valence-corrected chi connectivity index (χ2v) is 6.39. The number of carbonyl (C=O) groups excluding carboxylic acids is 1. The molecule has 1 heterocycles. The van der Waals surface area contributed by atoms with Gasteiger partial charge in [0.15, 0.2) is 5.96 Å². The Morgan fingerprint density at radius 1 is 1.44 bits per heavy atom. The van der Waals surface area contributed by atoms with Crippen LogP contribution in [-0.4, -0.2) is 63.1 Å². The summed E-state index contributed by atoms with van der Waals surface area (Å²) in [4.78, 5) is 19.8. The van der Waals surface area contributed by atoms with Gasteiger partial charge in [0.05, 0.1) is 0 Å². The number of piperidine rings is 1. The number of carbonyl (C=O) groups is 1. The quantitative estimate of drug-likeness (QED) is 0.624. The maximum atomic E-state index is 13.5. The molecule has 1 saturated heterocycles. The Labute approximate surface area is 149 Å². The molecule has 1 aromatic rings. The van der Waals surface area contributed by atoms with Crippen LogP contribution in [0.1, 0.15) is 19.8 Å². The van der Waals surface area contributed by atoms with Crippen molar-refractivity contribution >= 4 is 17.6 Å². The first-order chi connectivity index (χ1) is 12.0. The highest BCUT2D eigenvalue weighted by molar-refractivity contribution is 5.85. The van der Waals surface area contributed by atoms with Crippen molar-refractivity contribution in [2.45, 2.75) is 25.8 Å². The molecule has 2 N–H and O–H groups in total. The Morgan fingerprint density at radius 2 is 2.24 bits per heavy atom. The maximum Gasteiger partial charge on any atom is 0.243 e. The highest BCUT2D eigenvalue weighted by atomic mass is 19.1. The summed E-state index contributed by atoms with van der Waals surface area (Å²) >= 11 is 0. The van der Waals surface area contributed by atoms with Gasteiger partial charge in [-0.05, 0) is 38.0 Å². The van der Waals surface area contributed by atoms with Crippen LogP contribution in [0.15, 0.2) is 29.3 Å². The van der Waals surface area contributed by atoms with Crippen LogP contribution in [0.5, 0.6) is 0 Å². The third-order valence-corrected chi connectivity index (χ3v) is 4.15. The van der Waals surface area contributed by atoms with Crippen LogP contribution < -0.4 is 15.5 Å². The molecule has 1 unspecified atom stereocenters. The third-order valence-electron chi connectivity index (χ3n) is 4.15. The Hall–Kier alpha value is -2.31. The summed E-state index contributed by atoms with van der Waals surface area (Å²) in [5, 5.41) is 6.58. The van der Waals surface area contributed by atoms with E-state index in [1.807, 2.05) is 13.0 Å². The van der Waals surface area contributed by atoms with E-state index in [0.717, 1.165) is 38.2 Å². The monoisotopic (exact) mass is 349 g/mol. The summed E-state index contributed by atoms with van der Waals surface area (Å²) in [5.74, 6) is 0.385. The minimum atomic E-state index is -0.218. The van der Waals surface area contributed by atoms with Crippen LogP contribution >= 0.6 is 0 Å². The molecule has 1 fully saturated rings. The van der Waals surface area contributed by atoms with Gasteiger partial charge in [-0.3, -0.25) is 4.79 Å². The van der Waals surface area contributed by atoms with Gasteiger partial charge in [0.25, 0.3) is 0 Å². The van der Waals surface area contributed by atoms with E-state index in [-0.39, 0.29) is 24.3 Å². The summed E-state index contributed by atoms with van der Waals surface area (Å²) in [6.45, 7) is 4.51. The smallest absolute Gasteiger partial charge is 0.243 e. The number of nitrogens with zero attached hydrogens (tertiary/aromatic N) is 3. The van der Waals surface area contributed by atoms with Crippen LogP contribution in [0.25, 0.3) is 0 Å². The lowest BCUT2D eigenvalue weighted by atomic mass is 10.0. The number of amides is 1. The molecule has 0 radical (unpaired) electrons. The zero-order chi connectivity index (χ0) is 18.2. The average Bonchev–Trinajstić information content (AvgIpc) is 2.59. The number of anilines is 1. The van der Waals surface area contributed by atoms with E-state index in [2.05, 4.69) is 20.5 Å². The molecule has 0 saturated carbocycles. The molecular formula is C18H28FN5O. The summed E-state index contributed by atoms with van der Waals surface area (Å²) in [6, 6.07) is 6.89. The molecule has 1 amide bonds. The van der Waals surface area contributed by atoms with Gasteiger partial charge in [0, 0.05) is 45.5 Å². The lowest BCUT2D eigenvalue weighted by Crippen LogP contribution is -2.51. The molecule has 25 heavy (non-hydrogen) atoms. The van der Waals surface area contributed by atoms with Crippen molar-refractivity contribution in [3.8, 4) is 0 Å². The first kappa shape index (κ1) is 19.0. The number of benzene rings is 1. The van der Waals surface area contributed by atoms with Gasteiger partial charge < -0.3 is 20.4 Å². The van der Waals surface area contributed by atoms with Crippen molar-refractivity contribution in [2.75, 3.05) is 45.2 Å². The Balaban J connectivity index is 1.98. The van der Waals surface area contributed by atoms with Gasteiger partial charge in [-0.2, -0.15) is 0 Å². The number of rotatable bonds is 5. The van der Waals surface area contributed by atoms with Crippen molar-refractivity contribution in [3.63, 3.8) is 0 Å². The fourth-order valence-corrected chi connectivity index (χ4v) is 2.80. The fraction of sp³-hybridized carbons (Fsp3) is 0.556. The number of hydrogen-bond donors (Lipinski definition) is 2.